The minimum absolute atomic E-state index is 0.123. The first-order valence-electron chi connectivity index (χ1n) is 9.41. The molecule has 0 heterocycles. The molecular formula is C24H21F2NO3. The van der Waals surface area contributed by atoms with Gasteiger partial charge in [0, 0.05) is 18.9 Å². The maximum atomic E-state index is 13.3. The van der Waals surface area contributed by atoms with E-state index in [0.717, 1.165) is 16.7 Å². The molecule has 6 heteroatoms. The zero-order chi connectivity index (χ0) is 21.5. The van der Waals surface area contributed by atoms with Gasteiger partial charge in [0.15, 0.2) is 0 Å². The minimum Gasteiger partial charge on any atom is -0.465 e. The smallest absolute Gasteiger partial charge is 0.337 e. The van der Waals surface area contributed by atoms with E-state index in [1.54, 1.807) is 48.5 Å². The first-order valence-corrected chi connectivity index (χ1v) is 9.41. The number of hydrogen-bond donors (Lipinski definition) is 1. The Labute approximate surface area is 173 Å². The lowest BCUT2D eigenvalue weighted by Crippen LogP contribution is -2.25. The largest absolute Gasteiger partial charge is 0.465 e. The first kappa shape index (κ1) is 21.2. The summed E-state index contributed by atoms with van der Waals surface area (Å²) in [6, 6.07) is 18.6. The third-order valence-electron chi connectivity index (χ3n) is 4.80. The Balaban J connectivity index is 1.69. The van der Waals surface area contributed by atoms with Gasteiger partial charge in [-0.1, -0.05) is 36.4 Å². The molecule has 0 unspecified atom stereocenters. The lowest BCUT2D eigenvalue weighted by molar-refractivity contribution is -0.121. The van der Waals surface area contributed by atoms with E-state index in [0.29, 0.717) is 12.1 Å². The highest BCUT2D eigenvalue weighted by atomic mass is 19.1. The van der Waals surface area contributed by atoms with Gasteiger partial charge in [-0.05, 0) is 53.1 Å². The van der Waals surface area contributed by atoms with Gasteiger partial charge in [0.25, 0.3) is 0 Å². The van der Waals surface area contributed by atoms with Crippen molar-refractivity contribution in [3.63, 3.8) is 0 Å². The average Bonchev–Trinajstić information content (AvgIpc) is 2.77. The van der Waals surface area contributed by atoms with Crippen LogP contribution in [-0.4, -0.2) is 19.0 Å². The first-order chi connectivity index (χ1) is 14.5. The van der Waals surface area contributed by atoms with Crippen molar-refractivity contribution in [3.05, 3.63) is 107 Å². The predicted octanol–water partition coefficient (Wildman–Crippen LogP) is 4.59. The summed E-state index contributed by atoms with van der Waals surface area (Å²) >= 11 is 0. The van der Waals surface area contributed by atoms with Crippen LogP contribution in [0.15, 0.2) is 72.8 Å². The van der Waals surface area contributed by atoms with Gasteiger partial charge in [-0.3, -0.25) is 4.79 Å². The molecule has 0 radical (unpaired) electrons. The second kappa shape index (κ2) is 9.78. The number of amides is 1. The fourth-order valence-corrected chi connectivity index (χ4v) is 3.15. The van der Waals surface area contributed by atoms with Crippen LogP contribution in [-0.2, 0) is 16.1 Å². The van der Waals surface area contributed by atoms with Crippen molar-refractivity contribution in [2.24, 2.45) is 0 Å². The van der Waals surface area contributed by atoms with E-state index >= 15 is 0 Å². The number of esters is 1. The molecule has 0 bridgehead atoms. The molecule has 0 aromatic heterocycles. The number of hydrogen-bond acceptors (Lipinski definition) is 3. The van der Waals surface area contributed by atoms with E-state index in [9.17, 15) is 18.4 Å². The number of carbonyl (C=O) groups excluding carboxylic acids is 2. The molecule has 3 aromatic carbocycles. The number of halogens is 2. The molecule has 30 heavy (non-hydrogen) atoms. The van der Waals surface area contributed by atoms with Crippen LogP contribution in [0.5, 0.6) is 0 Å². The van der Waals surface area contributed by atoms with Crippen LogP contribution in [0.2, 0.25) is 0 Å². The zero-order valence-electron chi connectivity index (χ0n) is 16.4. The van der Waals surface area contributed by atoms with E-state index in [-0.39, 0.29) is 29.9 Å². The molecule has 1 amide bonds. The highest BCUT2D eigenvalue weighted by Crippen LogP contribution is 2.28. The Bertz CT molecular complexity index is 955. The van der Waals surface area contributed by atoms with Gasteiger partial charge in [0.1, 0.15) is 11.6 Å². The molecule has 0 saturated carbocycles. The van der Waals surface area contributed by atoms with Crippen molar-refractivity contribution >= 4 is 11.9 Å². The molecule has 4 nitrogen and oxygen atoms in total. The van der Waals surface area contributed by atoms with Crippen LogP contribution in [0.3, 0.4) is 0 Å². The summed E-state index contributed by atoms with van der Waals surface area (Å²) in [5, 5.41) is 2.85. The van der Waals surface area contributed by atoms with Crippen LogP contribution in [0.1, 0.15) is 39.4 Å². The van der Waals surface area contributed by atoms with Crippen molar-refractivity contribution in [1.29, 1.82) is 0 Å². The number of rotatable bonds is 7. The molecule has 3 aromatic rings. The number of carbonyl (C=O) groups is 2. The van der Waals surface area contributed by atoms with Gasteiger partial charge in [-0.25, -0.2) is 13.6 Å². The fourth-order valence-electron chi connectivity index (χ4n) is 3.15. The number of methoxy groups -OCH3 is 1. The molecule has 0 spiro atoms. The van der Waals surface area contributed by atoms with E-state index < -0.39 is 5.97 Å². The second-order valence-corrected chi connectivity index (χ2v) is 6.83. The molecule has 3 rings (SSSR count). The molecule has 1 N–H and O–H groups in total. The van der Waals surface area contributed by atoms with Gasteiger partial charge < -0.3 is 10.1 Å². The van der Waals surface area contributed by atoms with Gasteiger partial charge in [0.2, 0.25) is 5.91 Å². The van der Waals surface area contributed by atoms with Crippen molar-refractivity contribution in [3.8, 4) is 0 Å². The molecule has 0 atom stereocenters. The fraction of sp³-hybridized carbons (Fsp3) is 0.167. The van der Waals surface area contributed by atoms with Crippen molar-refractivity contribution in [1.82, 2.24) is 5.32 Å². The lowest BCUT2D eigenvalue weighted by atomic mass is 9.88. The second-order valence-electron chi connectivity index (χ2n) is 6.83. The average molecular weight is 409 g/mol. The third kappa shape index (κ3) is 5.50. The minimum atomic E-state index is -0.424. The van der Waals surface area contributed by atoms with Crippen LogP contribution in [0.4, 0.5) is 8.78 Å². The van der Waals surface area contributed by atoms with Crippen LogP contribution >= 0.6 is 0 Å². The highest BCUT2D eigenvalue weighted by Gasteiger charge is 2.18. The van der Waals surface area contributed by atoms with E-state index in [2.05, 4.69) is 10.1 Å². The van der Waals surface area contributed by atoms with Crippen LogP contribution < -0.4 is 5.32 Å². The zero-order valence-corrected chi connectivity index (χ0v) is 16.4. The topological polar surface area (TPSA) is 55.4 Å². The van der Waals surface area contributed by atoms with Crippen molar-refractivity contribution in [2.75, 3.05) is 7.11 Å². The summed E-state index contributed by atoms with van der Waals surface area (Å²) in [6.45, 7) is 0.292. The molecular weight excluding hydrogens is 388 g/mol. The summed E-state index contributed by atoms with van der Waals surface area (Å²) in [7, 11) is 1.31. The summed E-state index contributed by atoms with van der Waals surface area (Å²) in [5.74, 6) is -1.70. The highest BCUT2D eigenvalue weighted by molar-refractivity contribution is 5.89. The maximum absolute atomic E-state index is 13.3. The van der Waals surface area contributed by atoms with Gasteiger partial charge >= 0.3 is 5.97 Å². The van der Waals surface area contributed by atoms with Crippen molar-refractivity contribution < 1.29 is 23.1 Å². The molecule has 0 aliphatic heterocycles. The molecule has 154 valence electrons. The van der Waals surface area contributed by atoms with Gasteiger partial charge in [0.05, 0.1) is 12.7 Å². The number of benzene rings is 3. The van der Waals surface area contributed by atoms with Gasteiger partial charge in [-0.15, -0.1) is 0 Å². The Kier molecular flexibility index (Phi) is 6.91. The predicted molar refractivity (Wildman–Crippen MR) is 109 cm³/mol. The Hall–Kier alpha value is -3.54. The summed E-state index contributed by atoms with van der Waals surface area (Å²) in [4.78, 5) is 24.1. The molecule has 0 aliphatic carbocycles. The third-order valence-corrected chi connectivity index (χ3v) is 4.80. The normalized spacial score (nSPS) is 10.7. The Morgan fingerprint density at radius 2 is 1.33 bits per heavy atom. The number of ether oxygens (including phenoxy) is 1. The standard InChI is InChI=1S/C24H21F2NO3/c1-30-24(29)19-4-2-16(3-5-19)15-27-23(28)14-22(17-6-10-20(25)11-7-17)18-8-12-21(26)13-9-18/h2-13,22H,14-15H2,1H3,(H,27,28). The van der Waals surface area contributed by atoms with E-state index in [1.807, 2.05) is 0 Å². The maximum Gasteiger partial charge on any atom is 0.337 e. The monoisotopic (exact) mass is 409 g/mol. The van der Waals surface area contributed by atoms with Gasteiger partial charge in [-0.2, -0.15) is 0 Å². The molecule has 0 fully saturated rings. The Morgan fingerprint density at radius 1 is 0.833 bits per heavy atom. The summed E-state index contributed by atoms with van der Waals surface area (Å²) < 4.78 is 31.3. The number of nitrogens with one attached hydrogen (secondary N) is 1. The molecule has 0 saturated heterocycles. The van der Waals surface area contributed by atoms with Crippen LogP contribution in [0.25, 0.3) is 0 Å². The van der Waals surface area contributed by atoms with E-state index in [1.165, 1.54) is 31.4 Å². The van der Waals surface area contributed by atoms with Crippen LogP contribution in [0, 0.1) is 11.6 Å². The quantitative estimate of drug-likeness (QED) is 0.581. The lowest BCUT2D eigenvalue weighted by Gasteiger charge is -2.18. The summed E-state index contributed by atoms with van der Waals surface area (Å²) in [6.07, 6.45) is 0.123. The van der Waals surface area contributed by atoms with Crippen molar-refractivity contribution in [2.45, 2.75) is 18.9 Å². The Morgan fingerprint density at radius 3 is 1.80 bits per heavy atom. The SMILES string of the molecule is COC(=O)c1ccc(CNC(=O)CC(c2ccc(F)cc2)c2ccc(F)cc2)cc1. The van der Waals surface area contributed by atoms with E-state index in [4.69, 9.17) is 0 Å². The summed E-state index contributed by atoms with van der Waals surface area (Å²) in [5.41, 5.74) is 2.79. The molecule has 0 aliphatic rings.